The highest BCUT2D eigenvalue weighted by molar-refractivity contribution is 4.73. The summed E-state index contributed by atoms with van der Waals surface area (Å²) in [5, 5.41) is 3.71. The van der Waals surface area contributed by atoms with Crippen molar-refractivity contribution in [1.82, 2.24) is 5.32 Å². The molecular weight excluding hydrogens is 218 g/mol. The minimum atomic E-state index is 0.776. The standard InChI is InChI=1S/C17H35N/c1-4-9-15(3)14-17(18-5-2)13-12-16-10-7-6-8-11-16/h15-18H,4-14H2,1-3H3. The summed E-state index contributed by atoms with van der Waals surface area (Å²) >= 11 is 0. The summed E-state index contributed by atoms with van der Waals surface area (Å²) in [5.41, 5.74) is 0. The molecule has 0 aliphatic heterocycles. The van der Waals surface area contributed by atoms with Crippen molar-refractivity contribution in [2.45, 2.75) is 91.0 Å². The molecule has 1 N–H and O–H groups in total. The Bertz CT molecular complexity index is 184. The van der Waals surface area contributed by atoms with Crippen LogP contribution in [0.4, 0.5) is 0 Å². The fraction of sp³-hybridized carbons (Fsp3) is 1.00. The van der Waals surface area contributed by atoms with Crippen LogP contribution in [0.15, 0.2) is 0 Å². The lowest BCUT2D eigenvalue weighted by atomic mass is 9.84. The first-order chi connectivity index (χ1) is 8.76. The molecule has 0 heterocycles. The fourth-order valence-electron chi connectivity index (χ4n) is 3.60. The molecule has 1 heteroatoms. The SMILES string of the molecule is CCCC(C)CC(CCC1CCCCC1)NCC. The Morgan fingerprint density at radius 3 is 2.39 bits per heavy atom. The van der Waals surface area contributed by atoms with E-state index in [0.717, 1.165) is 24.4 Å². The van der Waals surface area contributed by atoms with Gasteiger partial charge in [-0.3, -0.25) is 0 Å². The van der Waals surface area contributed by atoms with Gasteiger partial charge in [-0.05, 0) is 37.6 Å². The van der Waals surface area contributed by atoms with E-state index >= 15 is 0 Å². The van der Waals surface area contributed by atoms with Gasteiger partial charge in [0, 0.05) is 6.04 Å². The zero-order valence-electron chi connectivity index (χ0n) is 13.0. The minimum absolute atomic E-state index is 0.776. The van der Waals surface area contributed by atoms with Crippen LogP contribution >= 0.6 is 0 Å². The molecule has 2 unspecified atom stereocenters. The molecule has 0 radical (unpaired) electrons. The molecule has 18 heavy (non-hydrogen) atoms. The van der Waals surface area contributed by atoms with Crippen molar-refractivity contribution in [3.8, 4) is 0 Å². The lowest BCUT2D eigenvalue weighted by molar-refractivity contribution is 0.295. The monoisotopic (exact) mass is 253 g/mol. The molecule has 0 aromatic rings. The maximum atomic E-state index is 3.71. The summed E-state index contributed by atoms with van der Waals surface area (Å²) in [6.07, 6.45) is 14.5. The van der Waals surface area contributed by atoms with Gasteiger partial charge in [0.1, 0.15) is 0 Å². The normalized spacial score (nSPS) is 20.8. The second-order valence-corrected chi connectivity index (χ2v) is 6.47. The van der Waals surface area contributed by atoms with Crippen molar-refractivity contribution in [3.63, 3.8) is 0 Å². The van der Waals surface area contributed by atoms with Gasteiger partial charge in [-0.25, -0.2) is 0 Å². The van der Waals surface area contributed by atoms with Crippen molar-refractivity contribution in [2.24, 2.45) is 11.8 Å². The third-order valence-electron chi connectivity index (χ3n) is 4.61. The van der Waals surface area contributed by atoms with Gasteiger partial charge in [0.05, 0.1) is 0 Å². The molecule has 108 valence electrons. The van der Waals surface area contributed by atoms with Crippen LogP contribution in [0.5, 0.6) is 0 Å². The van der Waals surface area contributed by atoms with Gasteiger partial charge in [0.2, 0.25) is 0 Å². The van der Waals surface area contributed by atoms with E-state index < -0.39 is 0 Å². The Labute approximate surface area is 115 Å². The molecule has 0 aromatic carbocycles. The Hall–Kier alpha value is -0.0400. The van der Waals surface area contributed by atoms with Crippen LogP contribution in [0, 0.1) is 11.8 Å². The summed E-state index contributed by atoms with van der Waals surface area (Å²) in [7, 11) is 0. The van der Waals surface area contributed by atoms with E-state index in [1.165, 1.54) is 64.2 Å². The predicted octanol–water partition coefficient (Wildman–Crippen LogP) is 5.15. The van der Waals surface area contributed by atoms with Gasteiger partial charge in [0.15, 0.2) is 0 Å². The number of rotatable bonds is 9. The van der Waals surface area contributed by atoms with Crippen LogP contribution in [-0.2, 0) is 0 Å². The van der Waals surface area contributed by atoms with E-state index in [0.29, 0.717) is 0 Å². The Kier molecular flexibility index (Phi) is 8.75. The average Bonchev–Trinajstić information content (AvgIpc) is 2.38. The zero-order valence-corrected chi connectivity index (χ0v) is 13.0. The molecule has 1 fully saturated rings. The molecule has 1 aliphatic carbocycles. The lowest BCUT2D eigenvalue weighted by Crippen LogP contribution is -2.31. The highest BCUT2D eigenvalue weighted by atomic mass is 14.9. The molecule has 0 spiro atoms. The van der Waals surface area contributed by atoms with Crippen LogP contribution < -0.4 is 5.32 Å². The summed E-state index contributed by atoms with van der Waals surface area (Å²) in [5.74, 6) is 1.94. The van der Waals surface area contributed by atoms with Crippen molar-refractivity contribution >= 4 is 0 Å². The van der Waals surface area contributed by atoms with E-state index in [2.05, 4.69) is 26.1 Å². The highest BCUT2D eigenvalue weighted by Crippen LogP contribution is 2.28. The molecule has 0 amide bonds. The number of nitrogens with one attached hydrogen (secondary N) is 1. The number of hydrogen-bond donors (Lipinski definition) is 1. The summed E-state index contributed by atoms with van der Waals surface area (Å²) in [6.45, 7) is 8.11. The Morgan fingerprint density at radius 1 is 1.06 bits per heavy atom. The molecule has 0 aromatic heterocycles. The first-order valence-corrected chi connectivity index (χ1v) is 8.49. The van der Waals surface area contributed by atoms with Crippen LogP contribution in [0.2, 0.25) is 0 Å². The van der Waals surface area contributed by atoms with Crippen molar-refractivity contribution in [3.05, 3.63) is 0 Å². The quantitative estimate of drug-likeness (QED) is 0.599. The molecule has 1 aliphatic rings. The third-order valence-corrected chi connectivity index (χ3v) is 4.61. The van der Waals surface area contributed by atoms with Gasteiger partial charge in [-0.2, -0.15) is 0 Å². The molecule has 1 rings (SSSR count). The van der Waals surface area contributed by atoms with Crippen molar-refractivity contribution < 1.29 is 0 Å². The maximum Gasteiger partial charge on any atom is 0.00695 e. The fourth-order valence-corrected chi connectivity index (χ4v) is 3.60. The Morgan fingerprint density at radius 2 is 1.78 bits per heavy atom. The van der Waals surface area contributed by atoms with E-state index in [1.54, 1.807) is 0 Å². The molecule has 0 bridgehead atoms. The topological polar surface area (TPSA) is 12.0 Å². The van der Waals surface area contributed by atoms with E-state index in [1.807, 2.05) is 0 Å². The summed E-state index contributed by atoms with van der Waals surface area (Å²) in [6, 6.07) is 0.776. The van der Waals surface area contributed by atoms with Gasteiger partial charge >= 0.3 is 0 Å². The molecular formula is C17H35N. The van der Waals surface area contributed by atoms with Gasteiger partial charge < -0.3 is 5.32 Å². The smallest absolute Gasteiger partial charge is 0.00695 e. The van der Waals surface area contributed by atoms with Crippen LogP contribution in [-0.4, -0.2) is 12.6 Å². The van der Waals surface area contributed by atoms with Crippen LogP contribution in [0.3, 0.4) is 0 Å². The average molecular weight is 253 g/mol. The van der Waals surface area contributed by atoms with E-state index in [4.69, 9.17) is 0 Å². The zero-order chi connectivity index (χ0) is 13.2. The molecule has 2 atom stereocenters. The van der Waals surface area contributed by atoms with Crippen LogP contribution in [0.25, 0.3) is 0 Å². The van der Waals surface area contributed by atoms with Gasteiger partial charge in [0.25, 0.3) is 0 Å². The first-order valence-electron chi connectivity index (χ1n) is 8.49. The Balaban J connectivity index is 2.23. The molecule has 1 nitrogen and oxygen atoms in total. The predicted molar refractivity (Wildman–Crippen MR) is 82.0 cm³/mol. The van der Waals surface area contributed by atoms with Gasteiger partial charge in [-0.1, -0.05) is 65.7 Å². The lowest BCUT2D eigenvalue weighted by Gasteiger charge is -2.26. The second kappa shape index (κ2) is 9.83. The van der Waals surface area contributed by atoms with E-state index in [9.17, 15) is 0 Å². The number of hydrogen-bond acceptors (Lipinski definition) is 1. The maximum absolute atomic E-state index is 3.71. The minimum Gasteiger partial charge on any atom is -0.314 e. The molecule has 0 saturated heterocycles. The first kappa shape index (κ1) is 16.0. The van der Waals surface area contributed by atoms with Crippen molar-refractivity contribution in [2.75, 3.05) is 6.54 Å². The van der Waals surface area contributed by atoms with Gasteiger partial charge in [-0.15, -0.1) is 0 Å². The van der Waals surface area contributed by atoms with Crippen molar-refractivity contribution in [1.29, 1.82) is 0 Å². The second-order valence-electron chi connectivity index (χ2n) is 6.47. The molecule has 1 saturated carbocycles. The van der Waals surface area contributed by atoms with E-state index in [-0.39, 0.29) is 0 Å². The third kappa shape index (κ3) is 6.78. The largest absolute Gasteiger partial charge is 0.314 e. The van der Waals surface area contributed by atoms with Crippen LogP contribution in [0.1, 0.15) is 85.0 Å². The summed E-state index contributed by atoms with van der Waals surface area (Å²) < 4.78 is 0. The highest BCUT2D eigenvalue weighted by Gasteiger charge is 2.17. The summed E-state index contributed by atoms with van der Waals surface area (Å²) in [4.78, 5) is 0.